The van der Waals surface area contributed by atoms with E-state index in [1.165, 1.54) is 6.42 Å². The maximum absolute atomic E-state index is 12.2. The fourth-order valence-corrected chi connectivity index (χ4v) is 5.36. The quantitative estimate of drug-likeness (QED) is 0.810. The molecule has 2 atom stereocenters. The van der Waals surface area contributed by atoms with Crippen molar-refractivity contribution in [3.05, 3.63) is 0 Å². The standard InChI is InChI=1S/C13H26ClNO2S/c1-11-6-5-7-13(8-11,9-14)15-18(16,17)10-12(2,3)4/h11,15H,5-10H2,1-4H3. The molecule has 2 unspecified atom stereocenters. The van der Waals surface area contributed by atoms with Crippen LogP contribution in [0.3, 0.4) is 0 Å². The summed E-state index contributed by atoms with van der Waals surface area (Å²) >= 11 is 6.05. The van der Waals surface area contributed by atoms with E-state index in [2.05, 4.69) is 11.6 Å². The van der Waals surface area contributed by atoms with Crippen molar-refractivity contribution in [3.8, 4) is 0 Å². The molecule has 0 spiro atoms. The molecule has 5 heteroatoms. The lowest BCUT2D eigenvalue weighted by Crippen LogP contribution is -2.54. The molecular weight excluding hydrogens is 270 g/mol. The Morgan fingerprint density at radius 2 is 2.00 bits per heavy atom. The van der Waals surface area contributed by atoms with E-state index in [1.54, 1.807) is 0 Å². The topological polar surface area (TPSA) is 46.2 Å². The second kappa shape index (κ2) is 5.68. The van der Waals surface area contributed by atoms with Crippen LogP contribution in [-0.2, 0) is 10.0 Å². The molecule has 0 bridgehead atoms. The van der Waals surface area contributed by atoms with Crippen LogP contribution in [0.15, 0.2) is 0 Å². The van der Waals surface area contributed by atoms with Crippen LogP contribution in [0.1, 0.15) is 53.4 Å². The lowest BCUT2D eigenvalue weighted by Gasteiger charge is -2.39. The zero-order valence-electron chi connectivity index (χ0n) is 11.9. The van der Waals surface area contributed by atoms with Gasteiger partial charge in [-0.05, 0) is 24.2 Å². The van der Waals surface area contributed by atoms with Crippen LogP contribution in [0.4, 0.5) is 0 Å². The van der Waals surface area contributed by atoms with E-state index in [-0.39, 0.29) is 11.2 Å². The van der Waals surface area contributed by atoms with E-state index < -0.39 is 15.6 Å². The first-order chi connectivity index (χ1) is 8.08. The summed E-state index contributed by atoms with van der Waals surface area (Å²) < 4.78 is 27.3. The summed E-state index contributed by atoms with van der Waals surface area (Å²) in [5, 5.41) is 0. The minimum absolute atomic E-state index is 0.146. The van der Waals surface area contributed by atoms with Crippen molar-refractivity contribution in [2.75, 3.05) is 11.6 Å². The molecule has 3 nitrogen and oxygen atoms in total. The minimum Gasteiger partial charge on any atom is -0.212 e. The van der Waals surface area contributed by atoms with Crippen LogP contribution in [0.2, 0.25) is 0 Å². The van der Waals surface area contributed by atoms with Crippen LogP contribution >= 0.6 is 11.6 Å². The third-order valence-corrected chi connectivity index (χ3v) is 5.84. The first-order valence-electron chi connectivity index (χ1n) is 6.65. The van der Waals surface area contributed by atoms with Gasteiger partial charge in [0.25, 0.3) is 0 Å². The molecule has 1 fully saturated rings. The molecular formula is C13H26ClNO2S. The second-order valence-corrected chi connectivity index (χ2v) is 9.03. The fraction of sp³-hybridized carbons (Fsp3) is 1.00. The van der Waals surface area contributed by atoms with Crippen molar-refractivity contribution in [1.82, 2.24) is 4.72 Å². The lowest BCUT2D eigenvalue weighted by atomic mass is 9.78. The van der Waals surface area contributed by atoms with E-state index in [0.29, 0.717) is 11.8 Å². The van der Waals surface area contributed by atoms with Crippen molar-refractivity contribution in [1.29, 1.82) is 0 Å². The number of sulfonamides is 1. The number of hydrogen-bond donors (Lipinski definition) is 1. The Kier molecular flexibility index (Phi) is 5.13. The van der Waals surface area contributed by atoms with Crippen molar-refractivity contribution in [2.45, 2.75) is 58.9 Å². The Morgan fingerprint density at radius 3 is 2.44 bits per heavy atom. The highest BCUT2D eigenvalue weighted by Gasteiger charge is 2.38. The zero-order valence-corrected chi connectivity index (χ0v) is 13.5. The monoisotopic (exact) mass is 295 g/mol. The molecule has 1 saturated carbocycles. The predicted octanol–water partition coefficient (Wildman–Crippen LogP) is 3.14. The van der Waals surface area contributed by atoms with Gasteiger partial charge in [-0.2, -0.15) is 0 Å². The number of alkyl halides is 1. The Morgan fingerprint density at radius 1 is 1.39 bits per heavy atom. The summed E-state index contributed by atoms with van der Waals surface area (Å²) in [6, 6.07) is 0. The third-order valence-electron chi connectivity index (χ3n) is 3.34. The van der Waals surface area contributed by atoms with Gasteiger partial charge in [0.1, 0.15) is 0 Å². The third kappa shape index (κ3) is 5.06. The molecule has 0 aromatic carbocycles. The largest absolute Gasteiger partial charge is 0.212 e. The molecule has 0 aliphatic heterocycles. The smallest absolute Gasteiger partial charge is 0.212 e. The van der Waals surface area contributed by atoms with E-state index in [9.17, 15) is 8.42 Å². The van der Waals surface area contributed by atoms with Gasteiger partial charge in [0.15, 0.2) is 0 Å². The first-order valence-corrected chi connectivity index (χ1v) is 8.84. The molecule has 1 rings (SSSR count). The van der Waals surface area contributed by atoms with Crippen LogP contribution in [0.25, 0.3) is 0 Å². The van der Waals surface area contributed by atoms with E-state index >= 15 is 0 Å². The zero-order chi connectivity index (χ0) is 14.0. The number of rotatable bonds is 4. The summed E-state index contributed by atoms with van der Waals surface area (Å²) in [6.45, 7) is 7.97. The van der Waals surface area contributed by atoms with Gasteiger partial charge in [0, 0.05) is 11.4 Å². The summed E-state index contributed by atoms with van der Waals surface area (Å²) in [5.74, 6) is 1.04. The minimum atomic E-state index is -3.27. The summed E-state index contributed by atoms with van der Waals surface area (Å²) in [4.78, 5) is 0. The lowest BCUT2D eigenvalue weighted by molar-refractivity contribution is 0.238. The van der Waals surface area contributed by atoms with Crippen molar-refractivity contribution in [3.63, 3.8) is 0 Å². The SMILES string of the molecule is CC1CCCC(CCl)(NS(=O)(=O)CC(C)(C)C)C1. The Bertz CT molecular complexity index is 375. The maximum Gasteiger partial charge on any atom is 0.212 e. The van der Waals surface area contributed by atoms with Crippen molar-refractivity contribution < 1.29 is 8.42 Å². The molecule has 0 saturated heterocycles. The average molecular weight is 296 g/mol. The Hall–Kier alpha value is 0.200. The van der Waals surface area contributed by atoms with Crippen molar-refractivity contribution in [2.24, 2.45) is 11.3 Å². The molecule has 18 heavy (non-hydrogen) atoms. The molecule has 0 heterocycles. The number of halogens is 1. The van der Waals surface area contributed by atoms with Crippen LogP contribution < -0.4 is 4.72 Å². The molecule has 1 aliphatic rings. The van der Waals surface area contributed by atoms with Gasteiger partial charge in [0.05, 0.1) is 5.75 Å². The Balaban J connectivity index is 2.79. The summed E-state index contributed by atoms with van der Waals surface area (Å²) in [7, 11) is -3.27. The first kappa shape index (κ1) is 16.3. The number of nitrogens with one attached hydrogen (secondary N) is 1. The molecule has 0 radical (unpaired) electrons. The molecule has 0 aromatic heterocycles. The predicted molar refractivity (Wildman–Crippen MR) is 77.5 cm³/mol. The molecule has 1 N–H and O–H groups in total. The highest BCUT2D eigenvalue weighted by Crippen LogP contribution is 2.34. The highest BCUT2D eigenvalue weighted by atomic mass is 35.5. The van der Waals surface area contributed by atoms with E-state index in [4.69, 9.17) is 11.6 Å². The normalized spacial score (nSPS) is 30.4. The number of hydrogen-bond acceptors (Lipinski definition) is 2. The van der Waals surface area contributed by atoms with Gasteiger partial charge in [-0.3, -0.25) is 0 Å². The maximum atomic E-state index is 12.2. The molecule has 108 valence electrons. The van der Waals surface area contributed by atoms with Gasteiger partial charge in [0.2, 0.25) is 10.0 Å². The molecule has 0 amide bonds. The van der Waals surface area contributed by atoms with Crippen LogP contribution in [-0.4, -0.2) is 25.6 Å². The van der Waals surface area contributed by atoms with Gasteiger partial charge in [-0.25, -0.2) is 13.1 Å². The summed E-state index contributed by atoms with van der Waals surface area (Å²) in [6.07, 6.45) is 3.91. The van der Waals surface area contributed by atoms with Crippen LogP contribution in [0, 0.1) is 11.3 Å². The Labute approximate surface area is 117 Å². The van der Waals surface area contributed by atoms with Gasteiger partial charge in [-0.1, -0.05) is 40.5 Å². The van der Waals surface area contributed by atoms with Crippen molar-refractivity contribution >= 4 is 21.6 Å². The van der Waals surface area contributed by atoms with Crippen LogP contribution in [0.5, 0.6) is 0 Å². The van der Waals surface area contributed by atoms with Gasteiger partial charge in [-0.15, -0.1) is 11.6 Å². The summed E-state index contributed by atoms with van der Waals surface area (Å²) in [5.41, 5.74) is -0.664. The van der Waals surface area contributed by atoms with E-state index in [1.807, 2.05) is 20.8 Å². The van der Waals surface area contributed by atoms with Gasteiger partial charge >= 0.3 is 0 Å². The average Bonchev–Trinajstić information content (AvgIpc) is 2.12. The molecule has 1 aliphatic carbocycles. The van der Waals surface area contributed by atoms with E-state index in [0.717, 1.165) is 19.3 Å². The highest BCUT2D eigenvalue weighted by molar-refractivity contribution is 7.89. The fourth-order valence-electron chi connectivity index (χ4n) is 2.84. The second-order valence-electron chi connectivity index (χ2n) is 7.04. The molecule has 0 aromatic rings. The van der Waals surface area contributed by atoms with Gasteiger partial charge < -0.3 is 0 Å².